The molecule has 1 saturated heterocycles. The quantitative estimate of drug-likeness (QED) is 0.872. The zero-order valence-electron chi connectivity index (χ0n) is 11.5. The van der Waals surface area contributed by atoms with Crippen LogP contribution in [0.4, 0.5) is 0 Å². The Hall–Kier alpha value is -1.62. The fraction of sp³-hybridized carbons (Fsp3) is 0.467. The summed E-state index contributed by atoms with van der Waals surface area (Å²) in [4.78, 5) is 26.1. The fourth-order valence-corrected chi connectivity index (χ4v) is 3.25. The van der Waals surface area contributed by atoms with Gasteiger partial charge in [-0.15, -0.1) is 11.3 Å². The Morgan fingerprint density at radius 3 is 2.85 bits per heavy atom. The van der Waals surface area contributed by atoms with Crippen LogP contribution in [-0.2, 0) is 9.59 Å². The number of amides is 1. The minimum atomic E-state index is -0.902. The number of carboxylic acids is 1. The van der Waals surface area contributed by atoms with Crippen molar-refractivity contribution >= 4 is 29.3 Å². The van der Waals surface area contributed by atoms with Gasteiger partial charge in [0.25, 0.3) is 0 Å². The standard InChI is InChI=1S/C15H19NO3S/c1-11-8-10-20-13(11)6-7-14(17)16-9-4-2-3-5-12(16)15(18)19/h6-8,10,12H,2-5,9H2,1H3,(H,18,19). The van der Waals surface area contributed by atoms with Crippen LogP contribution in [0.25, 0.3) is 6.08 Å². The van der Waals surface area contributed by atoms with Crippen molar-refractivity contribution in [2.45, 2.75) is 38.6 Å². The number of aliphatic carboxylic acids is 1. The molecule has 1 aliphatic heterocycles. The minimum Gasteiger partial charge on any atom is -0.480 e. The first-order valence-corrected chi connectivity index (χ1v) is 7.73. The molecule has 0 spiro atoms. The first-order chi connectivity index (χ1) is 9.59. The molecule has 1 aliphatic rings. The summed E-state index contributed by atoms with van der Waals surface area (Å²) < 4.78 is 0. The van der Waals surface area contributed by atoms with Crippen LogP contribution in [0, 0.1) is 6.92 Å². The molecule has 0 aromatic carbocycles. The fourth-order valence-electron chi connectivity index (χ4n) is 2.43. The lowest BCUT2D eigenvalue weighted by atomic mass is 10.1. The van der Waals surface area contributed by atoms with Gasteiger partial charge in [-0.25, -0.2) is 4.79 Å². The maximum atomic E-state index is 12.3. The van der Waals surface area contributed by atoms with Crippen molar-refractivity contribution in [3.8, 4) is 0 Å². The van der Waals surface area contributed by atoms with Crippen LogP contribution in [0.15, 0.2) is 17.5 Å². The van der Waals surface area contributed by atoms with E-state index in [0.717, 1.165) is 29.7 Å². The summed E-state index contributed by atoms with van der Waals surface area (Å²) in [5.74, 6) is -1.10. The number of likely N-dealkylation sites (tertiary alicyclic amines) is 1. The molecule has 2 rings (SSSR count). The van der Waals surface area contributed by atoms with E-state index in [2.05, 4.69) is 0 Å². The molecule has 20 heavy (non-hydrogen) atoms. The number of nitrogens with zero attached hydrogens (tertiary/aromatic N) is 1. The molecule has 0 bridgehead atoms. The summed E-state index contributed by atoms with van der Waals surface area (Å²) >= 11 is 1.58. The number of rotatable bonds is 3. The summed E-state index contributed by atoms with van der Waals surface area (Å²) in [6.45, 7) is 2.52. The summed E-state index contributed by atoms with van der Waals surface area (Å²) in [5.41, 5.74) is 1.13. The Labute approximate surface area is 122 Å². The second-order valence-electron chi connectivity index (χ2n) is 5.04. The summed E-state index contributed by atoms with van der Waals surface area (Å²) in [7, 11) is 0. The molecule has 0 aliphatic carbocycles. The molecular weight excluding hydrogens is 274 g/mol. The van der Waals surface area contributed by atoms with Crippen LogP contribution in [-0.4, -0.2) is 34.5 Å². The van der Waals surface area contributed by atoms with E-state index in [0.29, 0.717) is 13.0 Å². The second-order valence-corrected chi connectivity index (χ2v) is 5.98. The number of hydrogen-bond acceptors (Lipinski definition) is 3. The van der Waals surface area contributed by atoms with Crippen molar-refractivity contribution in [1.82, 2.24) is 4.90 Å². The molecular formula is C15H19NO3S. The van der Waals surface area contributed by atoms with Gasteiger partial charge >= 0.3 is 5.97 Å². The maximum absolute atomic E-state index is 12.3. The third kappa shape index (κ3) is 3.48. The van der Waals surface area contributed by atoms with E-state index in [4.69, 9.17) is 0 Å². The van der Waals surface area contributed by atoms with Gasteiger partial charge in [0.15, 0.2) is 0 Å². The summed E-state index contributed by atoms with van der Waals surface area (Å²) in [6.07, 6.45) is 6.57. The normalized spacial score (nSPS) is 20.1. The number of aryl methyl sites for hydroxylation is 1. The highest BCUT2D eigenvalue weighted by Crippen LogP contribution is 2.20. The van der Waals surface area contributed by atoms with Crippen molar-refractivity contribution < 1.29 is 14.7 Å². The highest BCUT2D eigenvalue weighted by Gasteiger charge is 2.29. The first kappa shape index (κ1) is 14.8. The number of carbonyl (C=O) groups excluding carboxylic acids is 1. The third-order valence-corrected chi connectivity index (χ3v) is 4.58. The van der Waals surface area contributed by atoms with Gasteiger partial charge in [-0.3, -0.25) is 4.79 Å². The average Bonchev–Trinajstić information content (AvgIpc) is 2.67. The predicted octanol–water partition coefficient (Wildman–Crippen LogP) is 2.93. The Morgan fingerprint density at radius 1 is 1.40 bits per heavy atom. The molecule has 1 N–H and O–H groups in total. The average molecular weight is 293 g/mol. The van der Waals surface area contributed by atoms with Crippen molar-refractivity contribution in [3.63, 3.8) is 0 Å². The van der Waals surface area contributed by atoms with E-state index in [1.54, 1.807) is 17.4 Å². The van der Waals surface area contributed by atoms with E-state index >= 15 is 0 Å². The topological polar surface area (TPSA) is 57.6 Å². The number of hydrogen-bond donors (Lipinski definition) is 1. The van der Waals surface area contributed by atoms with Crippen molar-refractivity contribution in [2.24, 2.45) is 0 Å². The number of thiophene rings is 1. The summed E-state index contributed by atoms with van der Waals surface area (Å²) in [6, 6.07) is 1.32. The van der Waals surface area contributed by atoms with Crippen LogP contribution < -0.4 is 0 Å². The van der Waals surface area contributed by atoms with Gasteiger partial charge in [-0.2, -0.15) is 0 Å². The van der Waals surface area contributed by atoms with E-state index in [1.807, 2.05) is 18.4 Å². The number of carboxylic acid groups (broad SMARTS) is 1. The largest absolute Gasteiger partial charge is 0.480 e. The Bertz CT molecular complexity index is 521. The molecule has 4 nitrogen and oxygen atoms in total. The van der Waals surface area contributed by atoms with Gasteiger partial charge in [0.1, 0.15) is 6.04 Å². The Morgan fingerprint density at radius 2 is 2.20 bits per heavy atom. The maximum Gasteiger partial charge on any atom is 0.326 e. The number of carbonyl (C=O) groups is 2. The molecule has 0 radical (unpaired) electrons. The van der Waals surface area contributed by atoms with Crippen molar-refractivity contribution in [2.75, 3.05) is 6.54 Å². The van der Waals surface area contributed by atoms with E-state index in [-0.39, 0.29) is 5.91 Å². The van der Waals surface area contributed by atoms with Crippen LogP contribution in [0.1, 0.15) is 36.1 Å². The van der Waals surface area contributed by atoms with Gasteiger partial charge in [0, 0.05) is 17.5 Å². The van der Waals surface area contributed by atoms with Crippen LogP contribution in [0.3, 0.4) is 0 Å². The highest BCUT2D eigenvalue weighted by molar-refractivity contribution is 7.11. The third-order valence-electron chi connectivity index (χ3n) is 3.60. The van der Waals surface area contributed by atoms with Gasteiger partial charge in [0.05, 0.1) is 0 Å². The molecule has 2 heterocycles. The smallest absolute Gasteiger partial charge is 0.326 e. The van der Waals surface area contributed by atoms with Gasteiger partial charge in [-0.1, -0.05) is 12.8 Å². The lowest BCUT2D eigenvalue weighted by Crippen LogP contribution is -2.43. The molecule has 1 amide bonds. The van der Waals surface area contributed by atoms with Crippen LogP contribution in [0.5, 0.6) is 0 Å². The van der Waals surface area contributed by atoms with Crippen LogP contribution in [0.2, 0.25) is 0 Å². The van der Waals surface area contributed by atoms with Crippen LogP contribution >= 0.6 is 11.3 Å². The van der Waals surface area contributed by atoms with Crippen molar-refractivity contribution in [1.29, 1.82) is 0 Å². The lowest BCUT2D eigenvalue weighted by molar-refractivity contribution is -0.148. The zero-order chi connectivity index (χ0) is 14.5. The SMILES string of the molecule is Cc1ccsc1C=CC(=O)N1CCCCCC1C(=O)O. The van der Waals surface area contributed by atoms with Gasteiger partial charge in [-0.05, 0) is 42.9 Å². The van der Waals surface area contributed by atoms with Crippen molar-refractivity contribution in [3.05, 3.63) is 28.0 Å². The minimum absolute atomic E-state index is 0.202. The molecule has 0 saturated carbocycles. The first-order valence-electron chi connectivity index (χ1n) is 6.85. The lowest BCUT2D eigenvalue weighted by Gasteiger charge is -2.25. The van der Waals surface area contributed by atoms with E-state index in [1.165, 1.54) is 11.0 Å². The van der Waals surface area contributed by atoms with Gasteiger partial charge < -0.3 is 10.0 Å². The molecule has 1 atom stereocenters. The Balaban J connectivity index is 2.11. The van der Waals surface area contributed by atoms with Gasteiger partial charge in [0.2, 0.25) is 5.91 Å². The molecule has 5 heteroatoms. The molecule has 108 valence electrons. The summed E-state index contributed by atoms with van der Waals surface area (Å²) in [5, 5.41) is 11.2. The van der Waals surface area contributed by atoms with E-state index < -0.39 is 12.0 Å². The molecule has 1 fully saturated rings. The Kier molecular flexibility index (Phi) is 4.95. The molecule has 1 aromatic rings. The molecule has 1 unspecified atom stereocenters. The zero-order valence-corrected chi connectivity index (χ0v) is 12.4. The monoisotopic (exact) mass is 293 g/mol. The molecule has 1 aromatic heterocycles. The second kappa shape index (κ2) is 6.70. The highest BCUT2D eigenvalue weighted by atomic mass is 32.1. The van der Waals surface area contributed by atoms with E-state index in [9.17, 15) is 14.7 Å². The predicted molar refractivity (Wildman–Crippen MR) is 79.7 cm³/mol.